The normalized spacial score (nSPS) is 19.2. The van der Waals surface area contributed by atoms with E-state index in [9.17, 15) is 18.0 Å². The lowest BCUT2D eigenvalue weighted by molar-refractivity contribution is -0.894. The van der Waals surface area contributed by atoms with Crippen molar-refractivity contribution in [1.29, 1.82) is 0 Å². The fourth-order valence-corrected chi connectivity index (χ4v) is 5.29. The Hall–Kier alpha value is -1.78. The van der Waals surface area contributed by atoms with Crippen LogP contribution in [0.3, 0.4) is 0 Å². The predicted octanol–water partition coefficient (Wildman–Crippen LogP) is -1.40. The van der Waals surface area contributed by atoms with Gasteiger partial charge in [0.15, 0.2) is 5.78 Å². The van der Waals surface area contributed by atoms with Crippen molar-refractivity contribution >= 4 is 21.5 Å². The van der Waals surface area contributed by atoms with Gasteiger partial charge < -0.3 is 33.4 Å². The van der Waals surface area contributed by atoms with E-state index in [-0.39, 0.29) is 56.6 Å². The Morgan fingerprint density at radius 3 is 2.25 bits per heavy atom. The van der Waals surface area contributed by atoms with Gasteiger partial charge in [0.1, 0.15) is 0 Å². The first-order valence-electron chi connectivity index (χ1n) is 8.85. The predicted molar refractivity (Wildman–Crippen MR) is 99.5 cm³/mol. The van der Waals surface area contributed by atoms with Crippen LogP contribution in [0.25, 0.3) is 0 Å². The molecule has 2 aliphatic rings. The minimum absolute atomic E-state index is 0. The highest BCUT2D eigenvalue weighted by atomic mass is 127. The number of benzene rings is 2. The number of ketones is 1. The van der Waals surface area contributed by atoms with Gasteiger partial charge in [0, 0.05) is 16.7 Å². The number of rotatable bonds is 1. The molecule has 0 aromatic heterocycles. The standard InChI is InChI=1S/C20H21N2O4S.HI/c1-22(2)11-9-21(10-12-22)20(24)14-7-8-16-18(13-14)27(25,26)17-6-4-3-5-15(17)19(16)23;/h3-8,13H,9-12H2,1-2H3;1H/q+1;/p-1. The topological polar surface area (TPSA) is 71.5 Å². The van der Waals surface area contributed by atoms with E-state index in [0.29, 0.717) is 18.7 Å². The molecule has 6 nitrogen and oxygen atoms in total. The summed E-state index contributed by atoms with van der Waals surface area (Å²) in [4.78, 5) is 27.2. The van der Waals surface area contributed by atoms with Crippen LogP contribution in [0.4, 0.5) is 0 Å². The van der Waals surface area contributed by atoms with Gasteiger partial charge in [0.25, 0.3) is 5.91 Å². The summed E-state index contributed by atoms with van der Waals surface area (Å²) in [5.74, 6) is -0.523. The van der Waals surface area contributed by atoms with Crippen LogP contribution in [-0.2, 0) is 9.84 Å². The van der Waals surface area contributed by atoms with Crippen molar-refractivity contribution in [3.63, 3.8) is 0 Å². The number of likely N-dealkylation sites (N-methyl/N-ethyl adjacent to an activating group) is 1. The van der Waals surface area contributed by atoms with Gasteiger partial charge in [-0.05, 0) is 30.3 Å². The number of carbonyl (C=O) groups is 2. The maximum atomic E-state index is 13.0. The van der Waals surface area contributed by atoms with Crippen molar-refractivity contribution in [2.75, 3.05) is 40.3 Å². The summed E-state index contributed by atoms with van der Waals surface area (Å²) < 4.78 is 26.9. The SMILES string of the molecule is C[N+]1(C)CCN(C(=O)c2ccc3c(c2)S(=O)(=O)c2ccccc2C3=O)CC1.[I-]. The fourth-order valence-electron chi connectivity index (χ4n) is 3.61. The number of halogens is 1. The van der Waals surface area contributed by atoms with Crippen LogP contribution in [0.1, 0.15) is 26.3 Å². The molecule has 2 aromatic rings. The van der Waals surface area contributed by atoms with E-state index in [4.69, 9.17) is 0 Å². The zero-order valence-corrected chi connectivity index (χ0v) is 18.7. The molecule has 2 heterocycles. The number of hydrogen-bond donors (Lipinski definition) is 0. The summed E-state index contributed by atoms with van der Waals surface area (Å²) in [5, 5.41) is 0. The molecule has 0 aliphatic carbocycles. The van der Waals surface area contributed by atoms with Gasteiger partial charge in [-0.25, -0.2) is 8.42 Å². The Morgan fingerprint density at radius 2 is 1.57 bits per heavy atom. The Bertz CT molecular complexity index is 1070. The molecule has 28 heavy (non-hydrogen) atoms. The molecule has 2 aliphatic heterocycles. The second-order valence-electron chi connectivity index (χ2n) is 7.71. The number of hydrogen-bond acceptors (Lipinski definition) is 4. The Kier molecular flexibility index (Phi) is 5.41. The molecule has 148 valence electrons. The first-order chi connectivity index (χ1) is 12.7. The summed E-state index contributed by atoms with van der Waals surface area (Å²) in [6.45, 7) is 2.94. The van der Waals surface area contributed by atoms with Crippen molar-refractivity contribution in [3.05, 3.63) is 59.2 Å². The Labute approximate surface area is 181 Å². The lowest BCUT2D eigenvalue weighted by atomic mass is 10.0. The third-order valence-electron chi connectivity index (χ3n) is 5.42. The Balaban J connectivity index is 0.00000225. The van der Waals surface area contributed by atoms with E-state index in [1.165, 1.54) is 24.3 Å². The highest BCUT2D eigenvalue weighted by Gasteiger charge is 2.36. The van der Waals surface area contributed by atoms with Gasteiger partial charge in [-0.15, -0.1) is 0 Å². The van der Waals surface area contributed by atoms with Crippen LogP contribution >= 0.6 is 0 Å². The number of amides is 1. The van der Waals surface area contributed by atoms with Crippen LogP contribution in [0, 0.1) is 0 Å². The summed E-state index contributed by atoms with van der Waals surface area (Å²) in [6, 6.07) is 10.6. The fraction of sp³-hybridized carbons (Fsp3) is 0.300. The lowest BCUT2D eigenvalue weighted by Gasteiger charge is -2.39. The molecule has 1 amide bonds. The molecule has 0 radical (unpaired) electrons. The molecule has 8 heteroatoms. The maximum absolute atomic E-state index is 13.0. The zero-order chi connectivity index (χ0) is 19.4. The molecule has 4 rings (SSSR count). The van der Waals surface area contributed by atoms with Crippen molar-refractivity contribution in [3.8, 4) is 0 Å². The largest absolute Gasteiger partial charge is 1.00 e. The van der Waals surface area contributed by atoms with E-state index < -0.39 is 9.84 Å². The molecule has 1 fully saturated rings. The molecule has 0 N–H and O–H groups in total. The van der Waals surface area contributed by atoms with E-state index in [1.54, 1.807) is 23.1 Å². The molecule has 1 saturated heterocycles. The van der Waals surface area contributed by atoms with Crippen molar-refractivity contribution < 1.29 is 46.5 Å². The number of nitrogens with zero attached hydrogens (tertiary/aromatic N) is 2. The van der Waals surface area contributed by atoms with Crippen molar-refractivity contribution in [1.82, 2.24) is 4.90 Å². The molecule has 0 atom stereocenters. The molecule has 0 saturated carbocycles. The van der Waals surface area contributed by atoms with Crippen LogP contribution in [0.15, 0.2) is 52.3 Å². The summed E-state index contributed by atoms with van der Waals surface area (Å²) >= 11 is 0. The van der Waals surface area contributed by atoms with Crippen LogP contribution in [-0.4, -0.2) is 69.8 Å². The van der Waals surface area contributed by atoms with Crippen LogP contribution in [0.2, 0.25) is 0 Å². The van der Waals surface area contributed by atoms with Gasteiger partial charge in [-0.2, -0.15) is 0 Å². The summed E-state index contributed by atoms with van der Waals surface area (Å²) in [5.41, 5.74) is 0.610. The Morgan fingerprint density at radius 1 is 0.964 bits per heavy atom. The van der Waals surface area contributed by atoms with Crippen molar-refractivity contribution in [2.24, 2.45) is 0 Å². The van der Waals surface area contributed by atoms with E-state index in [1.807, 2.05) is 0 Å². The third-order valence-corrected chi connectivity index (χ3v) is 7.27. The zero-order valence-electron chi connectivity index (χ0n) is 15.7. The first-order valence-corrected chi connectivity index (χ1v) is 10.3. The number of carbonyl (C=O) groups excluding carboxylic acids is 2. The van der Waals surface area contributed by atoms with Gasteiger partial charge in [0.05, 0.1) is 50.1 Å². The number of piperazine rings is 1. The highest BCUT2D eigenvalue weighted by Crippen LogP contribution is 2.35. The molecule has 0 bridgehead atoms. The van der Waals surface area contributed by atoms with Gasteiger partial charge in [-0.3, -0.25) is 9.59 Å². The second-order valence-corrected chi connectivity index (χ2v) is 9.60. The quantitative estimate of drug-likeness (QED) is 0.297. The minimum Gasteiger partial charge on any atom is -1.00 e. The average molecular weight is 512 g/mol. The third kappa shape index (κ3) is 3.37. The van der Waals surface area contributed by atoms with Crippen molar-refractivity contribution in [2.45, 2.75) is 9.79 Å². The van der Waals surface area contributed by atoms with Crippen LogP contribution < -0.4 is 24.0 Å². The summed E-state index contributed by atoms with van der Waals surface area (Å²) in [6.07, 6.45) is 0. The van der Waals surface area contributed by atoms with E-state index in [0.717, 1.165) is 17.6 Å². The average Bonchev–Trinajstić information content (AvgIpc) is 2.65. The maximum Gasteiger partial charge on any atom is 0.254 e. The van der Waals surface area contributed by atoms with E-state index >= 15 is 0 Å². The number of sulfone groups is 1. The smallest absolute Gasteiger partial charge is 0.254 e. The number of quaternary nitrogens is 1. The van der Waals surface area contributed by atoms with Gasteiger partial charge >= 0.3 is 0 Å². The molecular weight excluding hydrogens is 491 g/mol. The van der Waals surface area contributed by atoms with E-state index in [2.05, 4.69) is 14.1 Å². The van der Waals surface area contributed by atoms with Gasteiger partial charge in [-0.1, -0.05) is 12.1 Å². The monoisotopic (exact) mass is 512 g/mol. The van der Waals surface area contributed by atoms with Crippen LogP contribution in [0.5, 0.6) is 0 Å². The molecule has 0 unspecified atom stereocenters. The number of fused-ring (bicyclic) bond motifs is 2. The summed E-state index contributed by atoms with van der Waals surface area (Å²) in [7, 11) is 0.408. The lowest BCUT2D eigenvalue weighted by Crippen LogP contribution is -3.00. The molecule has 0 spiro atoms. The highest BCUT2D eigenvalue weighted by molar-refractivity contribution is 7.91. The second kappa shape index (κ2) is 7.23. The molecule has 2 aromatic carbocycles. The first kappa shape index (κ1) is 20.9. The van der Waals surface area contributed by atoms with Gasteiger partial charge in [0.2, 0.25) is 9.84 Å². The molecular formula is C20H21IN2O4S. The minimum atomic E-state index is -3.83.